The second kappa shape index (κ2) is 5.57. The second-order valence-electron chi connectivity index (χ2n) is 5.37. The SMILES string of the molecule is CC1C(C(=O)O)CCN1C(=O)N1CC=C(C(F)(F)F)CC1. The van der Waals surface area contributed by atoms with Gasteiger partial charge in [-0.15, -0.1) is 0 Å². The summed E-state index contributed by atoms with van der Waals surface area (Å²) in [6.07, 6.45) is -3.17. The van der Waals surface area contributed by atoms with Crippen LogP contribution in [0.25, 0.3) is 0 Å². The van der Waals surface area contributed by atoms with Gasteiger partial charge in [-0.3, -0.25) is 4.79 Å². The Kier molecular flexibility index (Phi) is 4.15. The quantitative estimate of drug-likeness (QED) is 0.755. The van der Waals surface area contributed by atoms with E-state index in [4.69, 9.17) is 5.11 Å². The average Bonchev–Trinajstić information content (AvgIpc) is 2.79. The Hall–Kier alpha value is -1.73. The minimum Gasteiger partial charge on any atom is -0.481 e. The maximum atomic E-state index is 12.5. The van der Waals surface area contributed by atoms with Crippen molar-refractivity contribution in [1.29, 1.82) is 0 Å². The molecule has 2 aliphatic heterocycles. The van der Waals surface area contributed by atoms with Crippen molar-refractivity contribution >= 4 is 12.0 Å². The Morgan fingerprint density at radius 2 is 2.00 bits per heavy atom. The topological polar surface area (TPSA) is 60.9 Å². The van der Waals surface area contributed by atoms with Crippen molar-refractivity contribution in [3.63, 3.8) is 0 Å². The van der Waals surface area contributed by atoms with Crippen LogP contribution in [-0.4, -0.2) is 58.8 Å². The first-order chi connectivity index (χ1) is 9.71. The van der Waals surface area contributed by atoms with E-state index in [0.29, 0.717) is 13.0 Å². The molecule has 2 unspecified atom stereocenters. The van der Waals surface area contributed by atoms with Crippen LogP contribution in [-0.2, 0) is 4.79 Å². The number of carboxylic acids is 1. The van der Waals surface area contributed by atoms with Crippen LogP contribution in [0.5, 0.6) is 0 Å². The maximum Gasteiger partial charge on any atom is 0.412 e. The van der Waals surface area contributed by atoms with E-state index < -0.39 is 29.7 Å². The number of likely N-dealkylation sites (tertiary alicyclic amines) is 1. The van der Waals surface area contributed by atoms with Gasteiger partial charge in [-0.05, 0) is 19.8 Å². The number of halogens is 3. The lowest BCUT2D eigenvalue weighted by Gasteiger charge is -2.33. The van der Waals surface area contributed by atoms with E-state index in [1.165, 1.54) is 9.80 Å². The van der Waals surface area contributed by atoms with E-state index in [0.717, 1.165) is 6.08 Å². The monoisotopic (exact) mass is 306 g/mol. The van der Waals surface area contributed by atoms with Gasteiger partial charge in [0.1, 0.15) is 0 Å². The molecule has 0 aliphatic carbocycles. The fourth-order valence-corrected chi connectivity index (χ4v) is 2.82. The number of amides is 2. The van der Waals surface area contributed by atoms with Crippen molar-refractivity contribution < 1.29 is 27.9 Å². The van der Waals surface area contributed by atoms with E-state index in [1.54, 1.807) is 6.92 Å². The third-order valence-electron chi connectivity index (χ3n) is 4.16. The highest BCUT2D eigenvalue weighted by molar-refractivity contribution is 5.78. The van der Waals surface area contributed by atoms with Gasteiger partial charge in [-0.1, -0.05) is 6.08 Å². The van der Waals surface area contributed by atoms with Gasteiger partial charge in [0.2, 0.25) is 0 Å². The second-order valence-corrected chi connectivity index (χ2v) is 5.37. The Bertz CT molecular complexity index is 476. The summed E-state index contributed by atoms with van der Waals surface area (Å²) in [5, 5.41) is 9.03. The number of aliphatic carboxylic acids is 1. The van der Waals surface area contributed by atoms with E-state index in [1.807, 2.05) is 0 Å². The molecule has 1 saturated heterocycles. The standard InChI is InChI=1S/C13H17F3N2O3/c1-8-10(11(19)20)4-7-18(8)12(21)17-5-2-9(3-6-17)13(14,15)16/h2,8,10H,3-7H2,1H3,(H,19,20). The molecule has 0 aromatic heterocycles. The molecule has 2 rings (SSSR count). The van der Waals surface area contributed by atoms with Gasteiger partial charge >= 0.3 is 18.2 Å². The lowest BCUT2D eigenvalue weighted by molar-refractivity contribution is -0.142. The van der Waals surface area contributed by atoms with E-state index in [2.05, 4.69) is 0 Å². The number of hydrogen-bond acceptors (Lipinski definition) is 2. The molecule has 21 heavy (non-hydrogen) atoms. The molecule has 1 fully saturated rings. The molecule has 0 radical (unpaired) electrons. The van der Waals surface area contributed by atoms with Crippen molar-refractivity contribution in [1.82, 2.24) is 9.80 Å². The predicted octanol–water partition coefficient (Wildman–Crippen LogP) is 2.10. The highest BCUT2D eigenvalue weighted by Gasteiger charge is 2.41. The van der Waals surface area contributed by atoms with E-state index >= 15 is 0 Å². The van der Waals surface area contributed by atoms with Crippen molar-refractivity contribution in [3.05, 3.63) is 11.6 Å². The molecule has 2 atom stereocenters. The van der Waals surface area contributed by atoms with Gasteiger partial charge < -0.3 is 14.9 Å². The minimum absolute atomic E-state index is 0.00509. The summed E-state index contributed by atoms with van der Waals surface area (Å²) in [5.74, 6) is -1.56. The molecule has 0 aromatic rings. The zero-order chi connectivity index (χ0) is 15.8. The summed E-state index contributed by atoms with van der Waals surface area (Å²) >= 11 is 0. The molecule has 0 bridgehead atoms. The first-order valence-electron chi connectivity index (χ1n) is 6.76. The molecule has 0 aromatic carbocycles. The van der Waals surface area contributed by atoms with Gasteiger partial charge in [0.15, 0.2) is 0 Å². The lowest BCUT2D eigenvalue weighted by Crippen LogP contribution is -2.48. The minimum atomic E-state index is -4.34. The summed E-state index contributed by atoms with van der Waals surface area (Å²) in [5.41, 5.74) is -0.607. The van der Waals surface area contributed by atoms with Crippen LogP contribution in [0.15, 0.2) is 11.6 Å². The summed E-state index contributed by atoms with van der Waals surface area (Å²) in [6, 6.07) is -0.827. The molecule has 118 valence electrons. The third-order valence-corrected chi connectivity index (χ3v) is 4.16. The van der Waals surface area contributed by atoms with Crippen molar-refractivity contribution in [2.75, 3.05) is 19.6 Å². The number of nitrogens with zero attached hydrogens (tertiary/aromatic N) is 2. The molecule has 1 N–H and O–H groups in total. The molecule has 2 heterocycles. The Labute approximate surface area is 120 Å². The zero-order valence-corrected chi connectivity index (χ0v) is 11.6. The Morgan fingerprint density at radius 3 is 2.43 bits per heavy atom. The Balaban J connectivity index is 2.00. The molecule has 0 spiro atoms. The van der Waals surface area contributed by atoms with Gasteiger partial charge in [0.05, 0.1) is 5.92 Å². The highest BCUT2D eigenvalue weighted by atomic mass is 19.4. The predicted molar refractivity (Wildman–Crippen MR) is 67.6 cm³/mol. The van der Waals surface area contributed by atoms with Gasteiger partial charge in [0.25, 0.3) is 0 Å². The van der Waals surface area contributed by atoms with Crippen LogP contribution in [0, 0.1) is 5.92 Å². The normalized spacial score (nSPS) is 26.8. The molecule has 5 nitrogen and oxygen atoms in total. The summed E-state index contributed by atoms with van der Waals surface area (Å²) in [7, 11) is 0. The van der Waals surface area contributed by atoms with Crippen LogP contribution < -0.4 is 0 Å². The fraction of sp³-hybridized carbons (Fsp3) is 0.692. The van der Waals surface area contributed by atoms with Crippen molar-refractivity contribution in [3.8, 4) is 0 Å². The first kappa shape index (κ1) is 15.7. The zero-order valence-electron chi connectivity index (χ0n) is 11.6. The number of hydrogen-bond donors (Lipinski definition) is 1. The molecule has 2 amide bonds. The number of carbonyl (C=O) groups excluding carboxylic acids is 1. The summed E-state index contributed by atoms with van der Waals surface area (Å²) < 4.78 is 37.6. The number of carboxylic acid groups (broad SMARTS) is 1. The summed E-state index contributed by atoms with van der Waals surface area (Å²) in [6.45, 7) is 1.90. The van der Waals surface area contributed by atoms with Crippen molar-refractivity contribution in [2.45, 2.75) is 32.0 Å². The lowest BCUT2D eigenvalue weighted by atomic mass is 10.0. The Morgan fingerprint density at radius 1 is 1.33 bits per heavy atom. The number of rotatable bonds is 1. The van der Waals surface area contributed by atoms with E-state index in [-0.39, 0.29) is 25.5 Å². The largest absolute Gasteiger partial charge is 0.481 e. The van der Waals surface area contributed by atoms with Crippen LogP contribution in [0.3, 0.4) is 0 Å². The summed E-state index contributed by atoms with van der Waals surface area (Å²) in [4.78, 5) is 26.1. The van der Waals surface area contributed by atoms with Gasteiger partial charge in [0, 0.05) is 31.2 Å². The highest BCUT2D eigenvalue weighted by Crippen LogP contribution is 2.31. The van der Waals surface area contributed by atoms with Crippen LogP contribution in [0.4, 0.5) is 18.0 Å². The first-order valence-corrected chi connectivity index (χ1v) is 6.76. The molecular formula is C13H17F3N2O3. The number of urea groups is 1. The average molecular weight is 306 g/mol. The third kappa shape index (κ3) is 3.14. The van der Waals surface area contributed by atoms with Crippen LogP contribution >= 0.6 is 0 Å². The number of alkyl halides is 3. The van der Waals surface area contributed by atoms with Crippen molar-refractivity contribution in [2.24, 2.45) is 5.92 Å². The molecule has 8 heteroatoms. The van der Waals surface area contributed by atoms with Crippen LogP contribution in [0.2, 0.25) is 0 Å². The van der Waals surface area contributed by atoms with Crippen LogP contribution in [0.1, 0.15) is 19.8 Å². The van der Waals surface area contributed by atoms with E-state index in [9.17, 15) is 22.8 Å². The molecule has 2 aliphatic rings. The molecule has 0 saturated carbocycles. The fourth-order valence-electron chi connectivity index (χ4n) is 2.82. The maximum absolute atomic E-state index is 12.5. The number of carbonyl (C=O) groups is 2. The molecular weight excluding hydrogens is 289 g/mol. The smallest absolute Gasteiger partial charge is 0.412 e. The van der Waals surface area contributed by atoms with Gasteiger partial charge in [-0.25, -0.2) is 4.79 Å². The van der Waals surface area contributed by atoms with Gasteiger partial charge in [-0.2, -0.15) is 13.2 Å².